The van der Waals surface area contributed by atoms with Crippen molar-refractivity contribution in [3.63, 3.8) is 0 Å². The van der Waals surface area contributed by atoms with Crippen LogP contribution in [0.1, 0.15) is 25.1 Å². The third kappa shape index (κ3) is 3.09. The second-order valence-electron chi connectivity index (χ2n) is 6.58. The van der Waals surface area contributed by atoms with Crippen molar-refractivity contribution in [1.82, 2.24) is 9.97 Å². The molecule has 1 N–H and O–H groups in total. The first kappa shape index (κ1) is 18.7. The Labute approximate surface area is 167 Å². The van der Waals surface area contributed by atoms with Gasteiger partial charge < -0.3 is 10.1 Å². The lowest BCUT2D eigenvalue weighted by Crippen LogP contribution is -2.46. The largest absolute Gasteiger partial charge is 0.420 e. The van der Waals surface area contributed by atoms with Gasteiger partial charge in [-0.3, -0.25) is 4.98 Å². The van der Waals surface area contributed by atoms with E-state index in [0.29, 0.717) is 22.2 Å². The molecule has 0 saturated carbocycles. The molecule has 3 heterocycles. The molecule has 0 aliphatic rings. The molecule has 0 saturated heterocycles. The van der Waals surface area contributed by atoms with Gasteiger partial charge in [0.15, 0.2) is 11.3 Å². The Hall–Kier alpha value is -2.68. The maximum absolute atomic E-state index is 12.8. The monoisotopic (exact) mass is 412 g/mol. The number of pyridine rings is 1. The Bertz CT molecular complexity index is 1230. The number of nitrogens with zero attached hydrogens (tertiary/aromatic N) is 3. The summed E-state index contributed by atoms with van der Waals surface area (Å²) < 4.78 is 26.8. The van der Waals surface area contributed by atoms with Crippen molar-refractivity contribution in [3.05, 3.63) is 77.7 Å². The van der Waals surface area contributed by atoms with Crippen molar-refractivity contribution in [2.75, 3.05) is 0 Å². The highest BCUT2D eigenvalue weighted by Gasteiger charge is 2.28. The van der Waals surface area contributed by atoms with E-state index in [1.165, 1.54) is 21.5 Å². The first-order valence-electron chi connectivity index (χ1n) is 8.66. The molecular weight excluding hydrogens is 394 g/mol. The topological polar surface area (TPSA) is 84.0 Å². The summed E-state index contributed by atoms with van der Waals surface area (Å²) in [4.78, 5) is 8.59. The molecule has 8 heteroatoms. The molecule has 0 atom stereocenters. The molecule has 0 radical (unpaired) electrons. The summed E-state index contributed by atoms with van der Waals surface area (Å²) in [5.41, 5.74) is 2.22. The quantitative estimate of drug-likeness (QED) is 0.309. The van der Waals surface area contributed by atoms with E-state index in [-0.39, 0.29) is 6.10 Å². The Kier molecular flexibility index (Phi) is 4.70. The standard InChI is InChI=1S/C20H18N3O3S2/c1-13(2)28(25,26)23-11-16(15-7-3-4-8-18(15)23)19(24)17-12-27-20(22-17)14-6-5-9-21-10-14/h3-13,24H,1-2H3/q-1. The van der Waals surface area contributed by atoms with Crippen molar-refractivity contribution in [1.29, 1.82) is 0 Å². The third-order valence-electron chi connectivity index (χ3n) is 4.46. The molecule has 0 fully saturated rings. The van der Waals surface area contributed by atoms with E-state index in [1.807, 2.05) is 18.2 Å². The molecule has 3 aromatic heterocycles. The lowest BCUT2D eigenvalue weighted by Gasteiger charge is -2.15. The molecule has 144 valence electrons. The molecule has 4 aromatic rings. The summed E-state index contributed by atoms with van der Waals surface area (Å²) in [5.74, 6) is 0. The van der Waals surface area contributed by atoms with Crippen LogP contribution in [0.5, 0.6) is 0 Å². The summed E-state index contributed by atoms with van der Waals surface area (Å²) in [7, 11) is -3.57. The van der Waals surface area contributed by atoms with Gasteiger partial charge in [-0.25, -0.2) is 0 Å². The maximum atomic E-state index is 12.8. The van der Waals surface area contributed by atoms with Crippen LogP contribution in [0.4, 0.5) is 0 Å². The van der Waals surface area contributed by atoms with Crippen LogP contribution >= 0.6 is 11.3 Å². The number of fused-ring (bicyclic) bond motifs is 1. The van der Waals surface area contributed by atoms with Crippen molar-refractivity contribution < 1.29 is 17.5 Å². The van der Waals surface area contributed by atoms with Crippen LogP contribution in [0.15, 0.2) is 60.4 Å². The summed E-state index contributed by atoms with van der Waals surface area (Å²) >= 11 is 1.39. The number of hydrogen-bond acceptors (Lipinski definition) is 5. The van der Waals surface area contributed by atoms with Gasteiger partial charge in [-0.2, -0.15) is 18.5 Å². The zero-order valence-corrected chi connectivity index (χ0v) is 16.9. The van der Waals surface area contributed by atoms with Gasteiger partial charge in [-0.1, -0.05) is 12.1 Å². The van der Waals surface area contributed by atoms with Gasteiger partial charge in [0.1, 0.15) is 16.1 Å². The van der Waals surface area contributed by atoms with Crippen molar-refractivity contribution >= 4 is 32.3 Å². The fourth-order valence-electron chi connectivity index (χ4n) is 2.92. The molecule has 0 spiro atoms. The average Bonchev–Trinajstić information content (AvgIpc) is 3.34. The van der Waals surface area contributed by atoms with Crippen LogP contribution in [0, 0.1) is 6.10 Å². The zero-order valence-electron chi connectivity index (χ0n) is 15.3. The van der Waals surface area contributed by atoms with Gasteiger partial charge in [0.2, 0.25) is 5.01 Å². The summed E-state index contributed by atoms with van der Waals surface area (Å²) in [5, 5.41) is 13.5. The minimum absolute atomic E-state index is 0.0553. The van der Waals surface area contributed by atoms with Crippen LogP contribution in [-0.4, -0.2) is 28.7 Å². The minimum atomic E-state index is -3.57. The minimum Gasteiger partial charge on any atom is -0.420 e. The first-order valence-corrected chi connectivity index (χ1v) is 11.0. The van der Waals surface area contributed by atoms with Crippen molar-refractivity contribution in [2.24, 2.45) is 0 Å². The number of para-hydroxylation sites is 1. The highest BCUT2D eigenvalue weighted by molar-refractivity contribution is 7.85. The fourth-order valence-corrected chi connectivity index (χ4v) is 4.85. The van der Waals surface area contributed by atoms with Gasteiger partial charge in [0, 0.05) is 11.9 Å². The summed E-state index contributed by atoms with van der Waals surface area (Å²) in [6.45, 7) is 3.27. The molecule has 28 heavy (non-hydrogen) atoms. The second kappa shape index (κ2) is 7.05. The number of thiazole rings is 1. The van der Waals surface area contributed by atoms with E-state index in [0.717, 1.165) is 10.6 Å². The predicted molar refractivity (Wildman–Crippen MR) is 108 cm³/mol. The lowest BCUT2D eigenvalue weighted by atomic mass is 10.1. The van der Waals surface area contributed by atoms with Gasteiger partial charge in [-0.15, -0.1) is 29.1 Å². The van der Waals surface area contributed by atoms with E-state index in [4.69, 9.17) is 0 Å². The number of aromatic nitrogens is 3. The number of aliphatic hydroxyl groups excluding tert-OH is 1. The molecule has 0 amide bonds. The Morgan fingerprint density at radius 3 is 2.79 bits per heavy atom. The normalized spacial score (nSPS) is 12.0. The van der Waals surface area contributed by atoms with Gasteiger partial charge in [-0.05, 0) is 31.7 Å². The molecule has 4 rings (SSSR count). The number of hydrogen-bond donors (Lipinski definition) is 1. The van der Waals surface area contributed by atoms with E-state index in [9.17, 15) is 13.5 Å². The van der Waals surface area contributed by atoms with E-state index < -0.39 is 15.3 Å². The molecule has 0 unspecified atom stereocenters. The SMILES string of the molecule is CC(C)S(=O)(=O)[n+]1cc([C-](O)c2c[s+][c-](-c3cccnc3)n2)c2cccc[c-]21. The molecule has 1 aromatic carbocycles. The number of benzene rings is 1. The maximum Gasteiger partial charge on any atom is 0.358 e. The van der Waals surface area contributed by atoms with Gasteiger partial charge >= 0.3 is 10.0 Å². The first-order chi connectivity index (χ1) is 13.4. The predicted octanol–water partition coefficient (Wildman–Crippen LogP) is 3.25. The second-order valence-corrected chi connectivity index (χ2v) is 9.80. The number of aliphatic hydroxyl groups is 1. The van der Waals surface area contributed by atoms with Crippen LogP contribution in [0.2, 0.25) is 0 Å². The van der Waals surface area contributed by atoms with E-state index in [2.05, 4.69) is 9.97 Å². The highest BCUT2D eigenvalue weighted by Crippen LogP contribution is 2.31. The summed E-state index contributed by atoms with van der Waals surface area (Å²) in [6.07, 6.45) is 4.81. The molecular formula is C20H18N3O3S2-. The molecule has 0 bridgehead atoms. The highest BCUT2D eigenvalue weighted by atomic mass is 32.2. The third-order valence-corrected chi connectivity index (χ3v) is 7.39. The van der Waals surface area contributed by atoms with Crippen LogP contribution in [0.25, 0.3) is 21.5 Å². The molecule has 6 nitrogen and oxygen atoms in total. The lowest BCUT2D eigenvalue weighted by molar-refractivity contribution is -0.479. The van der Waals surface area contributed by atoms with E-state index in [1.54, 1.807) is 49.8 Å². The van der Waals surface area contributed by atoms with Crippen LogP contribution < -0.4 is 3.97 Å². The zero-order chi connectivity index (χ0) is 19.9. The Morgan fingerprint density at radius 2 is 2.07 bits per heavy atom. The Morgan fingerprint density at radius 1 is 1.25 bits per heavy atom. The smallest absolute Gasteiger partial charge is 0.358 e. The Balaban J connectivity index is 1.81. The van der Waals surface area contributed by atoms with E-state index >= 15 is 0 Å². The average molecular weight is 413 g/mol. The van der Waals surface area contributed by atoms with Gasteiger partial charge in [0.25, 0.3) is 0 Å². The van der Waals surface area contributed by atoms with Crippen molar-refractivity contribution in [3.8, 4) is 10.6 Å². The molecule has 0 aliphatic carbocycles. The fraction of sp³-hybridized carbons (Fsp3) is 0.150. The van der Waals surface area contributed by atoms with Gasteiger partial charge in [0.05, 0.1) is 6.20 Å². The van der Waals surface area contributed by atoms with Crippen LogP contribution in [0.3, 0.4) is 0 Å². The molecule has 0 aliphatic heterocycles. The van der Waals surface area contributed by atoms with Crippen LogP contribution in [-0.2, 0) is 10.0 Å². The van der Waals surface area contributed by atoms with Crippen molar-refractivity contribution in [2.45, 2.75) is 19.1 Å². The summed E-state index contributed by atoms with van der Waals surface area (Å²) in [6, 6.07) is 10.8. The number of rotatable bonds is 5.